The zero-order valence-electron chi connectivity index (χ0n) is 16.9. The van der Waals surface area contributed by atoms with E-state index in [1.165, 1.54) is 57.8 Å². The lowest BCUT2D eigenvalue weighted by Crippen LogP contribution is -2.26. The molecule has 2 heteroatoms. The predicted molar refractivity (Wildman–Crippen MR) is 105 cm³/mol. The van der Waals surface area contributed by atoms with Crippen molar-refractivity contribution >= 4 is 0 Å². The standard InChI is InChI=1S/C24H36F2/c1-4-18-5-10-20(11-6-18)21-12-7-19(8-13-21)9-14-22-16(2)15-17(3)23(25)24(22)26/h15,18-21H,4-14H2,1-3H3. The van der Waals surface area contributed by atoms with Crippen molar-refractivity contribution in [1.29, 1.82) is 0 Å². The largest absolute Gasteiger partial charge is 0.203 e. The summed E-state index contributed by atoms with van der Waals surface area (Å²) in [6.45, 7) is 5.89. The Bertz CT molecular complexity index is 591. The summed E-state index contributed by atoms with van der Waals surface area (Å²) in [7, 11) is 0. The van der Waals surface area contributed by atoms with Crippen LogP contribution in [0.1, 0.15) is 87.8 Å². The van der Waals surface area contributed by atoms with Crippen LogP contribution in [0, 0.1) is 49.2 Å². The van der Waals surface area contributed by atoms with Crippen LogP contribution in [0.5, 0.6) is 0 Å². The van der Waals surface area contributed by atoms with E-state index < -0.39 is 11.6 Å². The molecule has 146 valence electrons. The molecule has 0 nitrogen and oxygen atoms in total. The Morgan fingerprint density at radius 1 is 0.769 bits per heavy atom. The van der Waals surface area contributed by atoms with Crippen molar-refractivity contribution in [3.05, 3.63) is 34.4 Å². The first-order valence-electron chi connectivity index (χ1n) is 10.9. The molecule has 26 heavy (non-hydrogen) atoms. The van der Waals surface area contributed by atoms with Crippen LogP contribution >= 0.6 is 0 Å². The van der Waals surface area contributed by atoms with Gasteiger partial charge in [-0.2, -0.15) is 0 Å². The van der Waals surface area contributed by atoms with Gasteiger partial charge < -0.3 is 0 Å². The molecule has 0 heterocycles. The van der Waals surface area contributed by atoms with Gasteiger partial charge in [0.2, 0.25) is 0 Å². The van der Waals surface area contributed by atoms with Crippen LogP contribution in [0.25, 0.3) is 0 Å². The first-order chi connectivity index (χ1) is 12.5. The summed E-state index contributed by atoms with van der Waals surface area (Å²) in [6.07, 6.45) is 14.1. The molecule has 0 saturated heterocycles. The smallest absolute Gasteiger partial charge is 0.162 e. The molecule has 0 aliphatic heterocycles. The number of rotatable bonds is 5. The van der Waals surface area contributed by atoms with Crippen LogP contribution in [0.4, 0.5) is 8.78 Å². The lowest BCUT2D eigenvalue weighted by atomic mass is 9.68. The second-order valence-corrected chi connectivity index (χ2v) is 9.13. The monoisotopic (exact) mass is 362 g/mol. The summed E-state index contributed by atoms with van der Waals surface area (Å²) in [5.41, 5.74) is 1.93. The summed E-state index contributed by atoms with van der Waals surface area (Å²) in [5, 5.41) is 0. The molecule has 0 unspecified atom stereocenters. The Hall–Kier alpha value is -0.920. The minimum absolute atomic E-state index is 0.419. The Kier molecular flexibility index (Phi) is 6.75. The molecule has 0 N–H and O–H groups in total. The van der Waals surface area contributed by atoms with E-state index in [1.54, 1.807) is 13.0 Å². The van der Waals surface area contributed by atoms with E-state index in [2.05, 4.69) is 6.92 Å². The topological polar surface area (TPSA) is 0 Å². The average Bonchev–Trinajstić information content (AvgIpc) is 2.67. The van der Waals surface area contributed by atoms with Crippen LogP contribution in [-0.2, 0) is 6.42 Å². The normalized spacial score (nSPS) is 29.7. The van der Waals surface area contributed by atoms with Crippen molar-refractivity contribution in [3.8, 4) is 0 Å². The molecule has 2 fully saturated rings. The maximum Gasteiger partial charge on any atom is 0.162 e. The molecule has 2 aliphatic carbocycles. The van der Waals surface area contributed by atoms with Crippen molar-refractivity contribution in [2.75, 3.05) is 0 Å². The maximum absolute atomic E-state index is 14.3. The average molecular weight is 363 g/mol. The van der Waals surface area contributed by atoms with Crippen molar-refractivity contribution < 1.29 is 8.78 Å². The zero-order valence-corrected chi connectivity index (χ0v) is 16.9. The SMILES string of the molecule is CCC1CCC(C2CCC(CCc3c(C)cc(C)c(F)c3F)CC2)CC1. The number of benzene rings is 1. The van der Waals surface area contributed by atoms with Crippen LogP contribution in [0.3, 0.4) is 0 Å². The summed E-state index contributed by atoms with van der Waals surface area (Å²) in [6, 6.07) is 1.79. The summed E-state index contributed by atoms with van der Waals surface area (Å²) >= 11 is 0. The van der Waals surface area contributed by atoms with Crippen molar-refractivity contribution in [2.45, 2.75) is 91.4 Å². The minimum atomic E-state index is -0.656. The number of halogens is 2. The fraction of sp³-hybridized carbons (Fsp3) is 0.750. The van der Waals surface area contributed by atoms with Crippen LogP contribution < -0.4 is 0 Å². The Morgan fingerprint density at radius 2 is 1.31 bits per heavy atom. The molecule has 2 saturated carbocycles. The van der Waals surface area contributed by atoms with Crippen molar-refractivity contribution in [2.24, 2.45) is 23.7 Å². The highest BCUT2D eigenvalue weighted by molar-refractivity contribution is 5.33. The number of aryl methyl sites for hydroxylation is 2. The molecular formula is C24H36F2. The molecule has 2 aliphatic rings. The van der Waals surface area contributed by atoms with Crippen molar-refractivity contribution in [1.82, 2.24) is 0 Å². The first kappa shape index (κ1) is 19.8. The molecule has 0 aromatic heterocycles. The van der Waals surface area contributed by atoms with E-state index in [-0.39, 0.29) is 0 Å². The number of hydrogen-bond donors (Lipinski definition) is 0. The molecular weight excluding hydrogens is 326 g/mol. The zero-order chi connectivity index (χ0) is 18.7. The van der Waals surface area contributed by atoms with Gasteiger partial charge in [-0.3, -0.25) is 0 Å². The molecule has 1 aromatic rings. The molecule has 0 atom stereocenters. The number of hydrogen-bond acceptors (Lipinski definition) is 0. The fourth-order valence-corrected chi connectivity index (χ4v) is 5.63. The van der Waals surface area contributed by atoms with E-state index in [0.29, 0.717) is 23.5 Å². The van der Waals surface area contributed by atoms with Gasteiger partial charge in [0.05, 0.1) is 0 Å². The highest BCUT2D eigenvalue weighted by Gasteiger charge is 2.30. The van der Waals surface area contributed by atoms with Gasteiger partial charge in [0.15, 0.2) is 11.6 Å². The highest BCUT2D eigenvalue weighted by Crippen LogP contribution is 2.42. The third-order valence-corrected chi connectivity index (χ3v) is 7.54. The van der Waals surface area contributed by atoms with Gasteiger partial charge >= 0.3 is 0 Å². The summed E-state index contributed by atoms with van der Waals surface area (Å²) < 4.78 is 28.1. The van der Waals surface area contributed by atoms with Gasteiger partial charge in [0.25, 0.3) is 0 Å². The third kappa shape index (κ3) is 4.49. The van der Waals surface area contributed by atoms with Crippen molar-refractivity contribution in [3.63, 3.8) is 0 Å². The molecule has 0 radical (unpaired) electrons. The Morgan fingerprint density at radius 3 is 1.85 bits per heavy atom. The molecule has 3 rings (SSSR count). The van der Waals surface area contributed by atoms with Gasteiger partial charge in [-0.05, 0) is 92.7 Å². The van der Waals surface area contributed by atoms with Crippen LogP contribution in [0.15, 0.2) is 6.07 Å². The second kappa shape index (κ2) is 8.85. The summed E-state index contributed by atoms with van der Waals surface area (Å²) in [4.78, 5) is 0. The minimum Gasteiger partial charge on any atom is -0.203 e. The van der Waals surface area contributed by atoms with Gasteiger partial charge in [-0.15, -0.1) is 0 Å². The second-order valence-electron chi connectivity index (χ2n) is 9.13. The van der Waals surface area contributed by atoms with E-state index in [9.17, 15) is 8.78 Å². The third-order valence-electron chi connectivity index (χ3n) is 7.54. The van der Waals surface area contributed by atoms with E-state index >= 15 is 0 Å². The van der Waals surface area contributed by atoms with Gasteiger partial charge in [0.1, 0.15) is 0 Å². The fourth-order valence-electron chi connectivity index (χ4n) is 5.63. The Balaban J connectivity index is 1.47. The van der Waals surface area contributed by atoms with E-state index in [4.69, 9.17) is 0 Å². The highest BCUT2D eigenvalue weighted by atomic mass is 19.2. The van der Waals surface area contributed by atoms with E-state index in [0.717, 1.165) is 29.7 Å². The predicted octanol–water partition coefficient (Wildman–Crippen LogP) is 7.54. The lowest BCUT2D eigenvalue weighted by molar-refractivity contribution is 0.142. The quantitative estimate of drug-likeness (QED) is 0.507. The Labute approximate surface area is 158 Å². The van der Waals surface area contributed by atoms with Gasteiger partial charge in [0, 0.05) is 0 Å². The van der Waals surface area contributed by atoms with Gasteiger partial charge in [-0.25, -0.2) is 8.78 Å². The molecule has 0 spiro atoms. The molecule has 0 bridgehead atoms. The summed E-state index contributed by atoms with van der Waals surface area (Å²) in [5.74, 6) is 2.31. The molecule has 1 aromatic carbocycles. The molecule has 0 amide bonds. The van der Waals surface area contributed by atoms with Gasteiger partial charge in [-0.1, -0.05) is 45.1 Å². The first-order valence-corrected chi connectivity index (χ1v) is 10.9. The van der Waals surface area contributed by atoms with E-state index in [1.807, 2.05) is 6.92 Å². The van der Waals surface area contributed by atoms with Crippen LogP contribution in [-0.4, -0.2) is 0 Å². The van der Waals surface area contributed by atoms with Crippen LogP contribution in [0.2, 0.25) is 0 Å². The lowest BCUT2D eigenvalue weighted by Gasteiger charge is -2.37. The maximum atomic E-state index is 14.3.